The first-order valence-corrected chi connectivity index (χ1v) is 1.41. The molecule has 0 aliphatic heterocycles. The molecule has 0 aliphatic carbocycles. The van der Waals surface area contributed by atoms with Crippen molar-refractivity contribution in [2.24, 2.45) is 0 Å². The van der Waals surface area contributed by atoms with Gasteiger partial charge in [-0.2, -0.15) is 0 Å². The van der Waals surface area contributed by atoms with Crippen LogP contribution in [0.5, 0.6) is 0 Å². The lowest BCUT2D eigenvalue weighted by Crippen LogP contribution is -1.79. The summed E-state index contributed by atoms with van der Waals surface area (Å²) in [4.78, 5) is 0. The SMILES string of the molecule is [B]C([B])C=C. The largest absolute Gasteiger partial charge is 0.105 e. The van der Waals surface area contributed by atoms with Gasteiger partial charge in [0.05, 0.1) is 15.7 Å². The first-order valence-electron chi connectivity index (χ1n) is 1.41. The number of hydrogen-bond acceptors (Lipinski definition) is 0. The van der Waals surface area contributed by atoms with E-state index in [2.05, 4.69) is 6.58 Å². The van der Waals surface area contributed by atoms with Gasteiger partial charge in [-0.3, -0.25) is 0 Å². The van der Waals surface area contributed by atoms with Crippen molar-refractivity contribution in [1.82, 2.24) is 0 Å². The van der Waals surface area contributed by atoms with Crippen LogP contribution in [0.2, 0.25) is 5.72 Å². The highest BCUT2D eigenvalue weighted by molar-refractivity contribution is 6.36. The lowest BCUT2D eigenvalue weighted by molar-refractivity contribution is 1.60. The maximum Gasteiger partial charge on any atom is 0.0629 e. The van der Waals surface area contributed by atoms with E-state index in [9.17, 15) is 0 Å². The molecule has 0 aliphatic rings. The molecule has 0 bridgehead atoms. The van der Waals surface area contributed by atoms with Crippen molar-refractivity contribution < 1.29 is 0 Å². The highest BCUT2D eigenvalue weighted by Crippen LogP contribution is 1.84. The molecule has 2 heteroatoms. The predicted molar refractivity (Wildman–Crippen MR) is 25.5 cm³/mol. The molecule has 0 saturated carbocycles. The molecule has 4 radical (unpaired) electrons. The summed E-state index contributed by atoms with van der Waals surface area (Å²) in [6, 6.07) is 0. The fourth-order valence-electron chi connectivity index (χ4n) is 0. The van der Waals surface area contributed by atoms with E-state index in [-0.39, 0.29) is 5.72 Å². The quantitative estimate of drug-likeness (QED) is 0.301. The Morgan fingerprint density at radius 3 is 1.80 bits per heavy atom. The third kappa shape index (κ3) is 3.87. The van der Waals surface area contributed by atoms with E-state index >= 15 is 0 Å². The van der Waals surface area contributed by atoms with Gasteiger partial charge in [0.2, 0.25) is 0 Å². The van der Waals surface area contributed by atoms with Gasteiger partial charge in [0, 0.05) is 0 Å². The van der Waals surface area contributed by atoms with Crippen molar-refractivity contribution in [2.45, 2.75) is 5.72 Å². The molecule has 0 N–H and O–H groups in total. The van der Waals surface area contributed by atoms with Gasteiger partial charge in [-0.15, -0.1) is 12.7 Å². The molecule has 0 atom stereocenters. The molecule has 0 saturated heterocycles. The normalized spacial score (nSPS) is 8.20. The van der Waals surface area contributed by atoms with Gasteiger partial charge in [0.1, 0.15) is 0 Å². The Bertz CT molecular complexity index is 31.9. The van der Waals surface area contributed by atoms with E-state index in [1.54, 1.807) is 0 Å². The summed E-state index contributed by atoms with van der Waals surface area (Å²) in [5.74, 6) is 0. The Kier molecular flexibility index (Phi) is 2.07. The zero-order chi connectivity index (χ0) is 4.28. The fourth-order valence-corrected chi connectivity index (χ4v) is 0. The smallest absolute Gasteiger partial charge is 0.0629 e. The fraction of sp³-hybridized carbons (Fsp3) is 0.333. The van der Waals surface area contributed by atoms with Crippen molar-refractivity contribution in [3.8, 4) is 0 Å². The van der Waals surface area contributed by atoms with Gasteiger partial charge in [-0.25, -0.2) is 0 Å². The summed E-state index contributed by atoms with van der Waals surface area (Å²) in [6.07, 6.45) is 1.47. The summed E-state index contributed by atoms with van der Waals surface area (Å²) in [6.45, 7) is 3.31. The molecule has 0 nitrogen and oxygen atoms in total. The average Bonchev–Trinajstić information content (AvgIpc) is 1.38. The highest BCUT2D eigenvalue weighted by atomic mass is 13.6. The topological polar surface area (TPSA) is 0 Å². The second-order valence-electron chi connectivity index (χ2n) is 0.813. The molecule has 0 spiro atoms. The van der Waals surface area contributed by atoms with Gasteiger partial charge in [0.15, 0.2) is 0 Å². The van der Waals surface area contributed by atoms with E-state index in [1.165, 1.54) is 6.08 Å². The van der Waals surface area contributed by atoms with Gasteiger partial charge in [-0.05, 0) is 0 Å². The van der Waals surface area contributed by atoms with Gasteiger partial charge in [0.25, 0.3) is 0 Å². The summed E-state index contributed by atoms with van der Waals surface area (Å²) in [7, 11) is 9.90. The maximum absolute atomic E-state index is 4.95. The number of rotatable bonds is 1. The molecule has 0 rings (SSSR count). The Morgan fingerprint density at radius 2 is 1.80 bits per heavy atom. The zero-order valence-corrected chi connectivity index (χ0v) is 3.02. The Labute approximate surface area is 35.1 Å². The summed E-state index contributed by atoms with van der Waals surface area (Å²) in [5.41, 5.74) is -0.352. The molecular weight excluding hydrogens is 57.7 g/mol. The van der Waals surface area contributed by atoms with Gasteiger partial charge < -0.3 is 0 Å². The van der Waals surface area contributed by atoms with Crippen LogP contribution < -0.4 is 0 Å². The monoisotopic (exact) mass is 62.0 g/mol. The minimum Gasteiger partial charge on any atom is -0.105 e. The Balaban J connectivity index is 2.83. The van der Waals surface area contributed by atoms with Gasteiger partial charge in [-0.1, -0.05) is 5.72 Å². The Morgan fingerprint density at radius 1 is 1.60 bits per heavy atom. The van der Waals surface area contributed by atoms with Crippen molar-refractivity contribution in [3.05, 3.63) is 12.7 Å². The van der Waals surface area contributed by atoms with Crippen molar-refractivity contribution in [3.63, 3.8) is 0 Å². The van der Waals surface area contributed by atoms with Crippen LogP contribution in [0, 0.1) is 0 Å². The van der Waals surface area contributed by atoms with Crippen LogP contribution in [0.1, 0.15) is 0 Å². The van der Waals surface area contributed by atoms with Crippen molar-refractivity contribution in [2.75, 3.05) is 0 Å². The van der Waals surface area contributed by atoms with E-state index in [0.717, 1.165) is 0 Å². The standard InChI is InChI=1S/C3H4B2/c1-2-3(4)5/h2-3H,1H2. The first kappa shape index (κ1) is 4.87. The van der Waals surface area contributed by atoms with Crippen LogP contribution in [0.25, 0.3) is 0 Å². The minimum atomic E-state index is -0.352. The molecule has 0 unspecified atom stereocenters. The van der Waals surface area contributed by atoms with Crippen LogP contribution in [0.15, 0.2) is 12.7 Å². The summed E-state index contributed by atoms with van der Waals surface area (Å²) >= 11 is 0. The van der Waals surface area contributed by atoms with E-state index in [1.807, 2.05) is 0 Å². The van der Waals surface area contributed by atoms with E-state index in [4.69, 9.17) is 15.7 Å². The lowest BCUT2D eigenvalue weighted by atomic mass is 9.71. The molecule has 0 amide bonds. The zero-order valence-electron chi connectivity index (χ0n) is 3.02. The summed E-state index contributed by atoms with van der Waals surface area (Å²) < 4.78 is 0. The number of allylic oxidation sites excluding steroid dienone is 1. The second-order valence-corrected chi connectivity index (χ2v) is 0.813. The molecule has 22 valence electrons. The molecule has 0 aromatic carbocycles. The third-order valence-corrected chi connectivity index (χ3v) is 0.272. The van der Waals surface area contributed by atoms with E-state index in [0.29, 0.717) is 0 Å². The molecule has 5 heavy (non-hydrogen) atoms. The van der Waals surface area contributed by atoms with Crippen LogP contribution in [0.3, 0.4) is 0 Å². The highest BCUT2D eigenvalue weighted by Gasteiger charge is 1.74. The van der Waals surface area contributed by atoms with Crippen molar-refractivity contribution in [1.29, 1.82) is 0 Å². The minimum absolute atomic E-state index is 0.352. The van der Waals surface area contributed by atoms with Gasteiger partial charge >= 0.3 is 0 Å². The third-order valence-electron chi connectivity index (χ3n) is 0.272. The predicted octanol–water partition coefficient (Wildman–Crippen LogP) is 0.255. The van der Waals surface area contributed by atoms with Crippen LogP contribution >= 0.6 is 0 Å². The maximum atomic E-state index is 4.95. The van der Waals surface area contributed by atoms with Crippen LogP contribution in [-0.2, 0) is 0 Å². The lowest BCUT2D eigenvalue weighted by Gasteiger charge is -1.84. The number of hydrogen-bond donors (Lipinski definition) is 0. The van der Waals surface area contributed by atoms with E-state index < -0.39 is 0 Å². The molecule has 0 heterocycles. The average molecular weight is 61.7 g/mol. The molecule has 0 fully saturated rings. The van der Waals surface area contributed by atoms with Crippen LogP contribution in [-0.4, -0.2) is 15.7 Å². The van der Waals surface area contributed by atoms with Crippen molar-refractivity contribution >= 4 is 15.7 Å². The molecular formula is C3H4B2. The van der Waals surface area contributed by atoms with Crippen LogP contribution in [0.4, 0.5) is 0 Å². The Hall–Kier alpha value is -0.130. The second kappa shape index (κ2) is 2.13. The molecule has 0 aromatic rings. The summed E-state index contributed by atoms with van der Waals surface area (Å²) in [5, 5.41) is 0. The molecule has 0 aromatic heterocycles. The first-order chi connectivity index (χ1) is 2.27.